The van der Waals surface area contributed by atoms with Crippen molar-refractivity contribution in [1.82, 2.24) is 15.2 Å². The van der Waals surface area contributed by atoms with Gasteiger partial charge < -0.3 is 4.74 Å². The standard InChI is InChI=1S/C26H30N4O2/c1-2-17-32-24-15-13-20(14-16-24)25-22(19-30(29-25)23-11-7-4-8-12-23)18-27-28-26(31)21-9-5-3-6-10-21/h4,7-8,11-16,18-19,21H,2-3,5-6,9-10,17H2,1H3,(H,28,31)/b27-18-. The predicted molar refractivity (Wildman–Crippen MR) is 127 cm³/mol. The van der Waals surface area contributed by atoms with Crippen LogP contribution in [0.25, 0.3) is 16.9 Å². The van der Waals surface area contributed by atoms with Gasteiger partial charge in [-0.2, -0.15) is 10.2 Å². The number of carbonyl (C=O) groups excluding carboxylic acids is 1. The highest BCUT2D eigenvalue weighted by Gasteiger charge is 2.20. The highest BCUT2D eigenvalue weighted by atomic mass is 16.5. The van der Waals surface area contributed by atoms with Crippen molar-refractivity contribution in [2.75, 3.05) is 6.61 Å². The Balaban J connectivity index is 1.57. The molecule has 2 aromatic carbocycles. The van der Waals surface area contributed by atoms with E-state index in [9.17, 15) is 4.79 Å². The van der Waals surface area contributed by atoms with Crippen LogP contribution in [0.4, 0.5) is 0 Å². The van der Waals surface area contributed by atoms with Crippen molar-refractivity contribution >= 4 is 12.1 Å². The Morgan fingerprint density at radius 3 is 2.59 bits per heavy atom. The molecule has 6 heteroatoms. The number of amides is 1. The molecule has 0 aliphatic heterocycles. The Morgan fingerprint density at radius 1 is 1.12 bits per heavy atom. The molecule has 0 saturated heterocycles. The molecule has 32 heavy (non-hydrogen) atoms. The van der Waals surface area contributed by atoms with Gasteiger partial charge in [-0.15, -0.1) is 0 Å². The van der Waals surface area contributed by atoms with E-state index in [1.165, 1.54) is 6.42 Å². The first kappa shape index (κ1) is 21.8. The van der Waals surface area contributed by atoms with Crippen LogP contribution in [0.5, 0.6) is 5.75 Å². The SMILES string of the molecule is CCCOc1ccc(-c2nn(-c3ccccc3)cc2/C=N\NC(=O)C2CCCCC2)cc1. The third-order valence-corrected chi connectivity index (χ3v) is 5.72. The van der Waals surface area contributed by atoms with Crippen molar-refractivity contribution in [2.45, 2.75) is 45.4 Å². The largest absolute Gasteiger partial charge is 0.494 e. The summed E-state index contributed by atoms with van der Waals surface area (Å²) in [5.41, 5.74) is 6.29. The number of nitrogens with one attached hydrogen (secondary N) is 1. The number of para-hydroxylation sites is 1. The molecular weight excluding hydrogens is 400 g/mol. The van der Waals surface area contributed by atoms with Crippen LogP contribution in [0.2, 0.25) is 0 Å². The minimum atomic E-state index is 0.00961. The van der Waals surface area contributed by atoms with Crippen LogP contribution in [0.1, 0.15) is 51.0 Å². The van der Waals surface area contributed by atoms with E-state index in [-0.39, 0.29) is 11.8 Å². The topological polar surface area (TPSA) is 68.5 Å². The zero-order valence-corrected chi connectivity index (χ0v) is 18.5. The van der Waals surface area contributed by atoms with Crippen LogP contribution in [0.15, 0.2) is 65.9 Å². The predicted octanol–water partition coefficient (Wildman–Crippen LogP) is 5.36. The molecule has 1 aliphatic rings. The third kappa shape index (κ3) is 5.44. The molecule has 1 saturated carbocycles. The molecule has 1 amide bonds. The van der Waals surface area contributed by atoms with Crippen molar-refractivity contribution in [1.29, 1.82) is 0 Å². The Kier molecular flexibility index (Phi) is 7.33. The molecule has 3 aromatic rings. The molecule has 4 rings (SSSR count). The summed E-state index contributed by atoms with van der Waals surface area (Å²) in [7, 11) is 0. The van der Waals surface area contributed by atoms with Gasteiger partial charge in [0, 0.05) is 23.2 Å². The van der Waals surface area contributed by atoms with E-state index in [2.05, 4.69) is 17.5 Å². The van der Waals surface area contributed by atoms with E-state index in [4.69, 9.17) is 9.84 Å². The maximum absolute atomic E-state index is 12.4. The summed E-state index contributed by atoms with van der Waals surface area (Å²) in [4.78, 5) is 12.4. The van der Waals surface area contributed by atoms with Crippen molar-refractivity contribution in [2.24, 2.45) is 11.0 Å². The van der Waals surface area contributed by atoms with Gasteiger partial charge in [0.05, 0.1) is 18.5 Å². The lowest BCUT2D eigenvalue weighted by Crippen LogP contribution is -2.28. The molecule has 166 valence electrons. The molecule has 6 nitrogen and oxygen atoms in total. The van der Waals surface area contributed by atoms with Crippen LogP contribution in [-0.4, -0.2) is 28.5 Å². The molecule has 0 atom stereocenters. The Morgan fingerprint density at radius 2 is 1.88 bits per heavy atom. The lowest BCUT2D eigenvalue weighted by molar-refractivity contribution is -0.125. The van der Waals surface area contributed by atoms with Crippen molar-refractivity contribution in [3.63, 3.8) is 0 Å². The lowest BCUT2D eigenvalue weighted by Gasteiger charge is -2.19. The van der Waals surface area contributed by atoms with E-state index in [0.717, 1.165) is 60.4 Å². The van der Waals surface area contributed by atoms with Gasteiger partial charge in [-0.3, -0.25) is 4.79 Å². The Bertz CT molecular complexity index is 1040. The lowest BCUT2D eigenvalue weighted by atomic mass is 9.89. The number of ether oxygens (including phenoxy) is 1. The zero-order valence-electron chi connectivity index (χ0n) is 18.5. The monoisotopic (exact) mass is 430 g/mol. The van der Waals surface area contributed by atoms with Gasteiger partial charge in [0.25, 0.3) is 0 Å². The fourth-order valence-electron chi connectivity index (χ4n) is 3.97. The summed E-state index contributed by atoms with van der Waals surface area (Å²) in [6.45, 7) is 2.78. The number of nitrogens with zero attached hydrogens (tertiary/aromatic N) is 3. The van der Waals surface area contributed by atoms with Gasteiger partial charge in [0.15, 0.2) is 0 Å². The summed E-state index contributed by atoms with van der Waals surface area (Å²) in [5, 5.41) is 9.07. The first-order chi connectivity index (χ1) is 15.7. The molecule has 0 unspecified atom stereocenters. The van der Waals surface area contributed by atoms with Gasteiger partial charge in [0.2, 0.25) is 5.91 Å². The maximum atomic E-state index is 12.4. The average molecular weight is 431 g/mol. The number of aromatic nitrogens is 2. The number of hydrazone groups is 1. The third-order valence-electron chi connectivity index (χ3n) is 5.72. The van der Waals surface area contributed by atoms with Crippen LogP contribution in [0, 0.1) is 5.92 Å². The zero-order chi connectivity index (χ0) is 22.2. The van der Waals surface area contributed by atoms with Crippen LogP contribution in [-0.2, 0) is 4.79 Å². The van der Waals surface area contributed by atoms with Crippen LogP contribution >= 0.6 is 0 Å². The molecule has 1 heterocycles. The van der Waals surface area contributed by atoms with Crippen molar-refractivity contribution in [3.05, 3.63) is 66.4 Å². The van der Waals surface area contributed by atoms with Crippen LogP contribution in [0.3, 0.4) is 0 Å². The molecule has 0 radical (unpaired) electrons. The van der Waals surface area contributed by atoms with Crippen molar-refractivity contribution < 1.29 is 9.53 Å². The molecule has 1 fully saturated rings. The minimum absolute atomic E-state index is 0.00961. The molecule has 1 aromatic heterocycles. The first-order valence-corrected chi connectivity index (χ1v) is 11.5. The summed E-state index contributed by atoms with van der Waals surface area (Å²) in [5.74, 6) is 0.923. The Labute approximate surface area is 189 Å². The Hall–Kier alpha value is -3.41. The highest BCUT2D eigenvalue weighted by Crippen LogP contribution is 2.26. The van der Waals surface area contributed by atoms with Gasteiger partial charge in [0.1, 0.15) is 11.4 Å². The second-order valence-electron chi connectivity index (χ2n) is 8.16. The molecule has 1 aliphatic carbocycles. The van der Waals surface area contributed by atoms with Crippen LogP contribution < -0.4 is 10.2 Å². The van der Waals surface area contributed by atoms with Gasteiger partial charge in [-0.25, -0.2) is 10.1 Å². The fourth-order valence-corrected chi connectivity index (χ4v) is 3.97. The summed E-state index contributed by atoms with van der Waals surface area (Å²) in [6, 6.07) is 17.9. The van der Waals surface area contributed by atoms with Gasteiger partial charge in [-0.05, 0) is 55.7 Å². The summed E-state index contributed by atoms with van der Waals surface area (Å²) < 4.78 is 7.53. The minimum Gasteiger partial charge on any atom is -0.494 e. The van der Waals surface area contributed by atoms with E-state index < -0.39 is 0 Å². The highest BCUT2D eigenvalue weighted by molar-refractivity contribution is 5.90. The number of hydrogen-bond acceptors (Lipinski definition) is 4. The second kappa shape index (κ2) is 10.8. The van der Waals surface area contributed by atoms with E-state index in [0.29, 0.717) is 6.61 Å². The fraction of sp³-hybridized carbons (Fsp3) is 0.346. The molecule has 0 spiro atoms. The average Bonchev–Trinajstić information content (AvgIpc) is 3.28. The summed E-state index contributed by atoms with van der Waals surface area (Å²) in [6.07, 6.45) is 9.94. The van der Waals surface area contributed by atoms with E-state index in [1.807, 2.05) is 65.5 Å². The van der Waals surface area contributed by atoms with E-state index in [1.54, 1.807) is 6.21 Å². The summed E-state index contributed by atoms with van der Waals surface area (Å²) >= 11 is 0. The number of hydrogen-bond donors (Lipinski definition) is 1. The molecule has 0 bridgehead atoms. The molecular formula is C26H30N4O2. The molecule has 1 N–H and O–H groups in total. The number of benzene rings is 2. The van der Waals surface area contributed by atoms with Gasteiger partial charge in [-0.1, -0.05) is 44.4 Å². The van der Waals surface area contributed by atoms with Gasteiger partial charge >= 0.3 is 0 Å². The second-order valence-corrected chi connectivity index (χ2v) is 8.16. The quantitative estimate of drug-likeness (QED) is 0.386. The number of carbonyl (C=O) groups is 1. The number of rotatable bonds is 8. The van der Waals surface area contributed by atoms with E-state index >= 15 is 0 Å². The normalized spacial score (nSPS) is 14.5. The maximum Gasteiger partial charge on any atom is 0.243 e. The first-order valence-electron chi connectivity index (χ1n) is 11.5. The smallest absolute Gasteiger partial charge is 0.243 e. The van der Waals surface area contributed by atoms with Crippen molar-refractivity contribution in [3.8, 4) is 22.7 Å².